The molecule has 0 bridgehead atoms. The first-order chi connectivity index (χ1) is 21.4. The van der Waals surface area contributed by atoms with Crippen LogP contribution in [0.1, 0.15) is 52.7 Å². The molecule has 4 unspecified atom stereocenters. The summed E-state index contributed by atoms with van der Waals surface area (Å²) >= 11 is 0. The molecule has 0 saturated carbocycles. The number of likely N-dealkylation sites (N-methyl/N-ethyl adjacent to an activating group) is 1. The highest BCUT2D eigenvalue weighted by atomic mass is 16.7. The number of ether oxygens (including phenoxy) is 2. The summed E-state index contributed by atoms with van der Waals surface area (Å²) in [6.07, 6.45) is -1.28. The number of nitrogens with one attached hydrogen (secondary N) is 2. The number of aromatic hydroxyl groups is 1. The minimum absolute atomic E-state index is 0.0306. The molecule has 230 valence electrons. The minimum atomic E-state index is -0.769. The fourth-order valence-corrected chi connectivity index (χ4v) is 5.26. The second-order valence-corrected chi connectivity index (χ2v) is 11.1. The lowest BCUT2D eigenvalue weighted by molar-refractivity contribution is -0.252. The maximum Gasteiger partial charge on any atom is 0.319 e. The Kier molecular flexibility index (Phi) is 10.6. The van der Waals surface area contributed by atoms with Crippen molar-refractivity contribution in [3.05, 3.63) is 131 Å². The number of phenolic OH excluding ortho intramolecular Hbond substituents is 1. The molecule has 0 aromatic heterocycles. The van der Waals surface area contributed by atoms with Gasteiger partial charge >= 0.3 is 6.03 Å². The van der Waals surface area contributed by atoms with E-state index in [1.54, 1.807) is 24.3 Å². The van der Waals surface area contributed by atoms with Crippen molar-refractivity contribution in [3.63, 3.8) is 0 Å². The maximum absolute atomic E-state index is 12.4. The second kappa shape index (κ2) is 15.0. The molecule has 44 heavy (non-hydrogen) atoms. The molecule has 4 aromatic carbocycles. The summed E-state index contributed by atoms with van der Waals surface area (Å²) in [5, 5.41) is 35.8. The van der Waals surface area contributed by atoms with Crippen LogP contribution in [0, 0.1) is 0 Å². The van der Waals surface area contributed by atoms with Crippen molar-refractivity contribution in [2.75, 3.05) is 25.5 Å². The zero-order valence-corrected chi connectivity index (χ0v) is 24.7. The van der Waals surface area contributed by atoms with Crippen molar-refractivity contribution < 1.29 is 29.6 Å². The third kappa shape index (κ3) is 8.66. The molecule has 0 radical (unpaired) electrons. The van der Waals surface area contributed by atoms with E-state index in [0.29, 0.717) is 37.3 Å². The Morgan fingerprint density at radius 3 is 2.34 bits per heavy atom. The average Bonchev–Trinajstić information content (AvgIpc) is 3.04. The summed E-state index contributed by atoms with van der Waals surface area (Å²) in [4.78, 5) is 14.4. The van der Waals surface area contributed by atoms with E-state index < -0.39 is 12.4 Å². The van der Waals surface area contributed by atoms with Gasteiger partial charge in [-0.3, -0.25) is 0 Å². The average molecular weight is 598 g/mol. The fraction of sp³-hybridized carbons (Fsp3) is 0.286. The number of carbonyl (C=O) groups excluding carboxylic acids is 1. The molecule has 0 spiro atoms. The van der Waals surface area contributed by atoms with Gasteiger partial charge in [-0.25, -0.2) is 4.79 Å². The van der Waals surface area contributed by atoms with Gasteiger partial charge in [0, 0.05) is 37.3 Å². The number of urea groups is 1. The van der Waals surface area contributed by atoms with Gasteiger partial charge in [0.05, 0.1) is 24.9 Å². The Labute approximate surface area is 257 Å². The van der Waals surface area contributed by atoms with Crippen LogP contribution in [0.3, 0.4) is 0 Å². The molecule has 1 aliphatic rings. The number of phenols is 1. The topological polar surface area (TPSA) is 124 Å². The zero-order valence-electron chi connectivity index (χ0n) is 24.7. The highest BCUT2D eigenvalue weighted by Crippen LogP contribution is 2.38. The number of carbonyl (C=O) groups is 1. The van der Waals surface area contributed by atoms with Crippen LogP contribution in [0.25, 0.3) is 0 Å². The smallest absolute Gasteiger partial charge is 0.319 e. The molecule has 1 saturated heterocycles. The summed E-state index contributed by atoms with van der Waals surface area (Å²) in [5.41, 5.74) is 4.92. The Morgan fingerprint density at radius 1 is 0.909 bits per heavy atom. The molecule has 9 nitrogen and oxygen atoms in total. The molecule has 4 atom stereocenters. The molecule has 4 aromatic rings. The van der Waals surface area contributed by atoms with Gasteiger partial charge in [0.25, 0.3) is 0 Å². The largest absolute Gasteiger partial charge is 0.508 e. The van der Waals surface area contributed by atoms with Crippen molar-refractivity contribution in [2.24, 2.45) is 0 Å². The molecular formula is C35H39N3O6. The molecule has 2 amide bonds. The standard InChI is InChI=1S/C35H39N3O6/c1-38(22-32(41)28-8-5-9-30(40)18-28)21-31-19-33(26-12-10-25(23-39)11-13-26)44-34(43-31)27-14-16-29(17-15-27)37-35(42)36-20-24-6-3-2-4-7-24/h2-18,31-34,39-41H,19-23H2,1H3,(H2,36,37,42). The summed E-state index contributed by atoms with van der Waals surface area (Å²) in [6.45, 7) is 1.30. The second-order valence-electron chi connectivity index (χ2n) is 11.1. The Balaban J connectivity index is 1.24. The van der Waals surface area contributed by atoms with Gasteiger partial charge in [0.15, 0.2) is 6.29 Å². The van der Waals surface area contributed by atoms with Gasteiger partial charge in [0.1, 0.15) is 5.75 Å². The van der Waals surface area contributed by atoms with Crippen LogP contribution in [-0.2, 0) is 22.6 Å². The number of benzene rings is 4. The summed E-state index contributed by atoms with van der Waals surface area (Å²) in [5.74, 6) is 0.115. The van der Waals surface area contributed by atoms with Crippen LogP contribution in [0.5, 0.6) is 5.75 Å². The van der Waals surface area contributed by atoms with Crippen molar-refractivity contribution in [3.8, 4) is 5.75 Å². The van der Waals surface area contributed by atoms with Crippen LogP contribution < -0.4 is 10.6 Å². The molecular weight excluding hydrogens is 558 g/mol. The SMILES string of the molecule is CN(CC1CC(c2ccc(CO)cc2)OC(c2ccc(NC(=O)NCc3ccccc3)cc2)O1)CC(O)c1cccc(O)c1. The summed E-state index contributed by atoms with van der Waals surface area (Å²) < 4.78 is 12.9. The van der Waals surface area contributed by atoms with Gasteiger partial charge in [-0.05, 0) is 53.6 Å². The zero-order chi connectivity index (χ0) is 30.9. The lowest BCUT2D eigenvalue weighted by atomic mass is 9.99. The number of hydrogen-bond acceptors (Lipinski definition) is 7. The number of anilines is 1. The number of hydrogen-bond donors (Lipinski definition) is 5. The Hall–Kier alpha value is -4.25. The van der Waals surface area contributed by atoms with Crippen LogP contribution >= 0.6 is 0 Å². The van der Waals surface area contributed by atoms with E-state index in [1.807, 2.05) is 90.8 Å². The number of nitrogens with zero attached hydrogens (tertiary/aromatic N) is 1. The highest BCUT2D eigenvalue weighted by molar-refractivity contribution is 5.89. The third-order valence-corrected chi connectivity index (χ3v) is 7.61. The van der Waals surface area contributed by atoms with Gasteiger partial charge in [-0.1, -0.05) is 78.9 Å². The number of rotatable bonds is 11. The lowest BCUT2D eigenvalue weighted by Crippen LogP contribution is -2.39. The first kappa shape index (κ1) is 31.2. The number of amides is 2. The molecule has 1 aliphatic heterocycles. The van der Waals surface area contributed by atoms with E-state index in [1.165, 1.54) is 0 Å². The predicted octanol–water partition coefficient (Wildman–Crippen LogP) is 5.42. The Bertz CT molecular complexity index is 1480. The van der Waals surface area contributed by atoms with E-state index in [-0.39, 0.29) is 30.6 Å². The quantitative estimate of drug-likeness (QED) is 0.157. The third-order valence-electron chi connectivity index (χ3n) is 7.61. The fourth-order valence-electron chi connectivity index (χ4n) is 5.26. The van der Waals surface area contributed by atoms with Crippen LogP contribution in [-0.4, -0.2) is 52.5 Å². The van der Waals surface area contributed by atoms with Crippen LogP contribution in [0.4, 0.5) is 10.5 Å². The minimum Gasteiger partial charge on any atom is -0.508 e. The van der Waals surface area contributed by atoms with Gasteiger partial charge in [-0.15, -0.1) is 0 Å². The van der Waals surface area contributed by atoms with Crippen molar-refractivity contribution in [1.82, 2.24) is 10.2 Å². The van der Waals surface area contributed by atoms with E-state index >= 15 is 0 Å². The first-order valence-electron chi connectivity index (χ1n) is 14.7. The number of aliphatic hydroxyl groups is 2. The predicted molar refractivity (Wildman–Crippen MR) is 168 cm³/mol. The highest BCUT2D eigenvalue weighted by Gasteiger charge is 2.33. The number of aliphatic hydroxyl groups excluding tert-OH is 2. The van der Waals surface area contributed by atoms with E-state index in [9.17, 15) is 20.1 Å². The monoisotopic (exact) mass is 597 g/mol. The summed E-state index contributed by atoms with van der Waals surface area (Å²) in [6, 6.07) is 31.1. The first-order valence-corrected chi connectivity index (χ1v) is 14.7. The molecule has 5 N–H and O–H groups in total. The van der Waals surface area contributed by atoms with Crippen molar-refractivity contribution in [1.29, 1.82) is 0 Å². The van der Waals surface area contributed by atoms with E-state index in [2.05, 4.69) is 10.6 Å². The molecule has 5 rings (SSSR count). The normalized spacial score (nSPS) is 19.0. The van der Waals surface area contributed by atoms with Gasteiger partial charge in [-0.2, -0.15) is 0 Å². The van der Waals surface area contributed by atoms with Gasteiger partial charge in [0.2, 0.25) is 0 Å². The van der Waals surface area contributed by atoms with Crippen LogP contribution in [0.15, 0.2) is 103 Å². The molecule has 0 aliphatic carbocycles. The van der Waals surface area contributed by atoms with Crippen molar-refractivity contribution >= 4 is 11.7 Å². The Morgan fingerprint density at radius 2 is 1.64 bits per heavy atom. The van der Waals surface area contributed by atoms with Crippen molar-refractivity contribution in [2.45, 2.75) is 44.2 Å². The van der Waals surface area contributed by atoms with Crippen LogP contribution in [0.2, 0.25) is 0 Å². The molecule has 1 heterocycles. The molecule has 1 fully saturated rings. The van der Waals surface area contributed by atoms with E-state index in [0.717, 1.165) is 22.3 Å². The van der Waals surface area contributed by atoms with Gasteiger partial charge < -0.3 is 40.3 Å². The maximum atomic E-state index is 12.4. The van der Waals surface area contributed by atoms with E-state index in [4.69, 9.17) is 9.47 Å². The lowest BCUT2D eigenvalue weighted by Gasteiger charge is -2.38. The summed E-state index contributed by atoms with van der Waals surface area (Å²) in [7, 11) is 1.92. The molecule has 9 heteroatoms.